The van der Waals surface area contributed by atoms with E-state index in [-0.39, 0.29) is 11.4 Å². The molecule has 0 aliphatic heterocycles. The van der Waals surface area contributed by atoms with Crippen molar-refractivity contribution >= 4 is 23.4 Å². The Morgan fingerprint density at radius 1 is 0.857 bits per heavy atom. The zero-order chi connectivity index (χ0) is 20.9. The molecule has 0 saturated carbocycles. The molecule has 3 N–H and O–H groups in total. The summed E-state index contributed by atoms with van der Waals surface area (Å²) in [6.45, 7) is 0. The molecule has 1 atom stereocenters. The van der Waals surface area contributed by atoms with Gasteiger partial charge >= 0.3 is 23.8 Å². The van der Waals surface area contributed by atoms with Gasteiger partial charge in [0.2, 0.25) is 0 Å². The van der Waals surface area contributed by atoms with Crippen LogP contribution in [0.2, 0.25) is 0 Å². The Morgan fingerprint density at radius 3 is 1.75 bits per heavy atom. The second-order valence-corrected chi connectivity index (χ2v) is 5.46. The first-order valence-corrected chi connectivity index (χ1v) is 7.61. The molecule has 0 spiro atoms. The number of hydrogen-bond acceptors (Lipinski definition) is 4. The number of methoxy groups -OCH3 is 1. The van der Waals surface area contributed by atoms with Crippen molar-refractivity contribution in [2.24, 2.45) is 0 Å². The van der Waals surface area contributed by atoms with Crippen molar-refractivity contribution in [1.82, 2.24) is 5.32 Å². The van der Waals surface area contributed by atoms with E-state index in [4.69, 9.17) is 0 Å². The zero-order valence-corrected chi connectivity index (χ0v) is 14.2. The molecule has 28 heavy (non-hydrogen) atoms. The van der Waals surface area contributed by atoms with Gasteiger partial charge in [-0.15, -0.1) is 0 Å². The SMILES string of the molecule is COC(=O)C(NC(=O)Nc1ccc(F)cc1)(Nc1ccc(F)cc1)C(F)(F)F. The van der Waals surface area contributed by atoms with E-state index in [9.17, 15) is 31.5 Å². The molecular formula is C17H14F5N3O3. The van der Waals surface area contributed by atoms with Crippen LogP contribution in [0.4, 0.5) is 38.1 Å². The number of carbonyl (C=O) groups excluding carboxylic acids is 2. The van der Waals surface area contributed by atoms with Crippen LogP contribution in [0.5, 0.6) is 0 Å². The van der Waals surface area contributed by atoms with Crippen molar-refractivity contribution in [3.8, 4) is 0 Å². The van der Waals surface area contributed by atoms with Gasteiger partial charge in [-0.25, -0.2) is 18.4 Å². The number of carbonyl (C=O) groups is 2. The number of ether oxygens (including phenoxy) is 1. The minimum atomic E-state index is -5.35. The third kappa shape index (κ3) is 4.67. The summed E-state index contributed by atoms with van der Waals surface area (Å²) in [4.78, 5) is 24.1. The van der Waals surface area contributed by atoms with E-state index in [1.807, 2.05) is 10.6 Å². The molecule has 0 aliphatic carbocycles. The predicted molar refractivity (Wildman–Crippen MR) is 89.4 cm³/mol. The van der Waals surface area contributed by atoms with Crippen molar-refractivity contribution in [1.29, 1.82) is 0 Å². The van der Waals surface area contributed by atoms with E-state index < -0.39 is 35.5 Å². The first-order valence-electron chi connectivity index (χ1n) is 7.61. The Balaban J connectivity index is 2.35. The first-order chi connectivity index (χ1) is 13.1. The molecule has 11 heteroatoms. The Labute approximate surface area is 155 Å². The molecule has 2 amide bonds. The summed E-state index contributed by atoms with van der Waals surface area (Å²) in [6, 6.07) is 6.35. The zero-order valence-electron chi connectivity index (χ0n) is 14.2. The molecule has 0 aromatic heterocycles. The van der Waals surface area contributed by atoms with E-state index >= 15 is 0 Å². The number of nitrogens with one attached hydrogen (secondary N) is 3. The standard InChI is InChI=1S/C17H14F5N3O3/c1-28-14(26)16(17(20,21)22,24-13-8-4-11(19)5-9-13)25-15(27)23-12-6-2-10(18)3-7-12/h2-9,24H,1H3,(H2,23,25,27). The molecule has 0 aliphatic rings. The number of benzene rings is 2. The number of esters is 1. The molecule has 6 nitrogen and oxygen atoms in total. The van der Waals surface area contributed by atoms with Crippen molar-refractivity contribution in [2.75, 3.05) is 17.7 Å². The highest BCUT2D eigenvalue weighted by Gasteiger charge is 2.63. The second kappa shape index (κ2) is 8.11. The van der Waals surface area contributed by atoms with Crippen LogP contribution in [0.3, 0.4) is 0 Å². The molecule has 0 bridgehead atoms. The average molecular weight is 403 g/mol. The number of halogens is 5. The molecule has 2 aromatic carbocycles. The van der Waals surface area contributed by atoms with E-state index in [0.717, 1.165) is 48.5 Å². The largest absolute Gasteiger partial charge is 0.466 e. The van der Waals surface area contributed by atoms with E-state index in [1.165, 1.54) is 5.32 Å². The summed E-state index contributed by atoms with van der Waals surface area (Å²) < 4.78 is 71.5. The van der Waals surface area contributed by atoms with Crippen molar-refractivity contribution in [2.45, 2.75) is 11.8 Å². The maximum atomic E-state index is 13.8. The molecule has 1 unspecified atom stereocenters. The van der Waals surface area contributed by atoms with Gasteiger partial charge in [-0.05, 0) is 48.5 Å². The van der Waals surface area contributed by atoms with Crippen LogP contribution < -0.4 is 16.0 Å². The number of amides is 2. The average Bonchev–Trinajstić information content (AvgIpc) is 2.63. The topological polar surface area (TPSA) is 79.5 Å². The lowest BCUT2D eigenvalue weighted by atomic mass is 10.1. The normalized spacial score (nSPS) is 13.2. The van der Waals surface area contributed by atoms with E-state index in [0.29, 0.717) is 7.11 Å². The summed E-state index contributed by atoms with van der Waals surface area (Å²) in [7, 11) is 0.703. The van der Waals surface area contributed by atoms with Crippen LogP contribution in [0, 0.1) is 11.6 Å². The van der Waals surface area contributed by atoms with Crippen molar-refractivity contribution < 1.29 is 36.3 Å². The molecule has 0 fully saturated rings. The fraction of sp³-hybridized carbons (Fsp3) is 0.176. The number of urea groups is 1. The predicted octanol–water partition coefficient (Wildman–Crippen LogP) is 3.63. The van der Waals surface area contributed by atoms with Crippen LogP contribution in [-0.2, 0) is 9.53 Å². The Kier molecular flexibility index (Phi) is 6.06. The summed E-state index contributed by atoms with van der Waals surface area (Å²) in [5.41, 5.74) is -4.02. The fourth-order valence-electron chi connectivity index (χ4n) is 2.16. The lowest BCUT2D eigenvalue weighted by molar-refractivity contribution is -0.202. The molecule has 0 heterocycles. The number of hydrogen-bond donors (Lipinski definition) is 3. The summed E-state index contributed by atoms with van der Waals surface area (Å²) in [5.74, 6) is -3.20. The Hall–Kier alpha value is -3.37. The first kappa shape index (κ1) is 20.9. The van der Waals surface area contributed by atoms with Crippen LogP contribution in [0.25, 0.3) is 0 Å². The lowest BCUT2D eigenvalue weighted by Gasteiger charge is -2.35. The smallest absolute Gasteiger partial charge is 0.441 e. The van der Waals surface area contributed by atoms with Gasteiger partial charge in [0, 0.05) is 11.4 Å². The van der Waals surface area contributed by atoms with Gasteiger partial charge in [-0.2, -0.15) is 13.2 Å². The van der Waals surface area contributed by atoms with Gasteiger partial charge in [0.25, 0.3) is 0 Å². The van der Waals surface area contributed by atoms with Crippen molar-refractivity contribution in [3.05, 3.63) is 60.2 Å². The van der Waals surface area contributed by atoms with Crippen LogP contribution in [0.1, 0.15) is 0 Å². The highest BCUT2D eigenvalue weighted by molar-refractivity contribution is 5.96. The Bertz CT molecular complexity index is 841. The third-order valence-corrected chi connectivity index (χ3v) is 3.50. The molecular weight excluding hydrogens is 389 g/mol. The molecule has 2 rings (SSSR count). The van der Waals surface area contributed by atoms with Gasteiger partial charge in [-0.1, -0.05) is 0 Å². The summed E-state index contributed by atoms with van der Waals surface area (Å²) in [5, 5.41) is 5.38. The van der Waals surface area contributed by atoms with Crippen LogP contribution in [-0.4, -0.2) is 30.9 Å². The lowest BCUT2D eigenvalue weighted by Crippen LogP contribution is -2.69. The minimum Gasteiger partial charge on any atom is -0.466 e. The van der Waals surface area contributed by atoms with Crippen molar-refractivity contribution in [3.63, 3.8) is 0 Å². The molecule has 150 valence electrons. The minimum absolute atomic E-state index is 0.0263. The van der Waals surface area contributed by atoms with Gasteiger partial charge < -0.3 is 15.4 Å². The third-order valence-electron chi connectivity index (χ3n) is 3.50. The van der Waals surface area contributed by atoms with Gasteiger partial charge in [0.15, 0.2) is 0 Å². The highest BCUT2D eigenvalue weighted by Crippen LogP contribution is 2.33. The van der Waals surface area contributed by atoms with Gasteiger partial charge in [0.1, 0.15) is 11.6 Å². The quantitative estimate of drug-likeness (QED) is 0.405. The molecule has 0 radical (unpaired) electrons. The van der Waals surface area contributed by atoms with Gasteiger partial charge in [0.05, 0.1) is 7.11 Å². The summed E-state index contributed by atoms with van der Waals surface area (Å²) in [6.07, 6.45) is -5.35. The maximum absolute atomic E-state index is 13.8. The number of alkyl halides is 3. The van der Waals surface area contributed by atoms with Crippen LogP contribution in [0.15, 0.2) is 48.5 Å². The molecule has 2 aromatic rings. The van der Waals surface area contributed by atoms with E-state index in [2.05, 4.69) is 4.74 Å². The van der Waals surface area contributed by atoms with E-state index in [1.54, 1.807) is 0 Å². The van der Waals surface area contributed by atoms with Gasteiger partial charge in [-0.3, -0.25) is 5.32 Å². The highest BCUT2D eigenvalue weighted by atomic mass is 19.4. The summed E-state index contributed by atoms with van der Waals surface area (Å²) >= 11 is 0. The second-order valence-electron chi connectivity index (χ2n) is 5.46. The Morgan fingerprint density at radius 2 is 1.32 bits per heavy atom. The molecule has 0 saturated heterocycles. The fourth-order valence-corrected chi connectivity index (χ4v) is 2.16. The maximum Gasteiger partial charge on any atom is 0.441 e. The monoisotopic (exact) mass is 403 g/mol. The van der Waals surface area contributed by atoms with Crippen LogP contribution >= 0.6 is 0 Å². The number of rotatable bonds is 5. The number of anilines is 2.